The molecule has 1 amide bonds. The number of carbonyl (C=O) groups excluding carboxylic acids is 1. The van der Waals surface area contributed by atoms with E-state index in [-0.39, 0.29) is 34.8 Å². The molecule has 1 aromatic carbocycles. The second-order valence-electron chi connectivity index (χ2n) is 5.22. The molecule has 116 valence electrons. The Balaban J connectivity index is 2.30. The molecule has 0 spiro atoms. The van der Waals surface area contributed by atoms with E-state index in [1.54, 1.807) is 17.0 Å². The highest BCUT2D eigenvalue weighted by molar-refractivity contribution is 9.10. The first-order valence-corrected chi connectivity index (χ1v) is 9.45. The number of phenols is 1. The van der Waals surface area contributed by atoms with Gasteiger partial charge in [-0.15, -0.1) is 0 Å². The van der Waals surface area contributed by atoms with Gasteiger partial charge in [0.05, 0.1) is 17.1 Å². The Hall–Kier alpha value is -1.08. The summed E-state index contributed by atoms with van der Waals surface area (Å²) < 4.78 is 24.0. The first-order valence-electron chi connectivity index (χ1n) is 6.84. The zero-order chi connectivity index (χ0) is 15.6. The van der Waals surface area contributed by atoms with Crippen molar-refractivity contribution in [2.24, 2.45) is 0 Å². The van der Waals surface area contributed by atoms with E-state index in [1.807, 2.05) is 6.92 Å². The zero-order valence-corrected chi connectivity index (χ0v) is 14.2. The largest absolute Gasteiger partial charge is 0.507 e. The Bertz CT molecular complexity index is 644. The van der Waals surface area contributed by atoms with Crippen molar-refractivity contribution in [1.29, 1.82) is 0 Å². The Labute approximate surface area is 133 Å². The molecule has 1 atom stereocenters. The van der Waals surface area contributed by atoms with Gasteiger partial charge in [-0.25, -0.2) is 8.42 Å². The van der Waals surface area contributed by atoms with E-state index in [1.165, 1.54) is 6.07 Å². The van der Waals surface area contributed by atoms with Gasteiger partial charge in [0, 0.05) is 17.1 Å². The molecule has 5 nitrogen and oxygen atoms in total. The Morgan fingerprint density at radius 2 is 2.19 bits per heavy atom. The molecule has 1 unspecified atom stereocenters. The second kappa shape index (κ2) is 6.36. The number of hydrogen-bond acceptors (Lipinski definition) is 4. The molecule has 1 saturated heterocycles. The standard InChI is InChI=1S/C14H18BrNO4S/c1-2-6-16(11-5-7-21(19,20)9-11)14(18)12-8-10(15)3-4-13(12)17/h3-4,8,11,17H,2,5-7,9H2,1H3. The van der Waals surface area contributed by atoms with E-state index in [4.69, 9.17) is 0 Å². The third-order valence-electron chi connectivity index (χ3n) is 3.56. The van der Waals surface area contributed by atoms with Crippen LogP contribution in [0.4, 0.5) is 0 Å². The summed E-state index contributed by atoms with van der Waals surface area (Å²) in [6.45, 7) is 2.41. The highest BCUT2D eigenvalue weighted by atomic mass is 79.9. The number of aromatic hydroxyl groups is 1. The maximum atomic E-state index is 12.7. The van der Waals surface area contributed by atoms with Gasteiger partial charge in [-0.1, -0.05) is 22.9 Å². The van der Waals surface area contributed by atoms with Crippen molar-refractivity contribution in [1.82, 2.24) is 4.90 Å². The number of nitrogens with zero attached hydrogens (tertiary/aromatic N) is 1. The summed E-state index contributed by atoms with van der Waals surface area (Å²) in [4.78, 5) is 14.2. The van der Waals surface area contributed by atoms with Crippen molar-refractivity contribution >= 4 is 31.7 Å². The molecule has 1 N–H and O–H groups in total. The number of halogens is 1. The lowest BCUT2D eigenvalue weighted by atomic mass is 10.1. The lowest BCUT2D eigenvalue weighted by molar-refractivity contribution is 0.0694. The van der Waals surface area contributed by atoms with Gasteiger partial charge in [0.1, 0.15) is 5.75 Å². The van der Waals surface area contributed by atoms with Crippen LogP contribution in [0, 0.1) is 0 Å². The Kier molecular flexibility index (Phi) is 4.93. The fourth-order valence-electron chi connectivity index (χ4n) is 2.55. The van der Waals surface area contributed by atoms with E-state index < -0.39 is 9.84 Å². The molecule has 2 rings (SSSR count). The second-order valence-corrected chi connectivity index (χ2v) is 8.36. The summed E-state index contributed by atoms with van der Waals surface area (Å²) in [5.41, 5.74) is 0.196. The van der Waals surface area contributed by atoms with Crippen LogP contribution in [-0.4, -0.2) is 48.4 Å². The summed E-state index contributed by atoms with van der Waals surface area (Å²) >= 11 is 3.28. The molecule has 0 aliphatic carbocycles. The summed E-state index contributed by atoms with van der Waals surface area (Å²) in [6.07, 6.45) is 1.19. The summed E-state index contributed by atoms with van der Waals surface area (Å²) in [6, 6.07) is 4.35. The molecule has 0 saturated carbocycles. The summed E-state index contributed by atoms with van der Waals surface area (Å²) in [5, 5.41) is 9.88. The van der Waals surface area contributed by atoms with Gasteiger partial charge in [0.15, 0.2) is 9.84 Å². The van der Waals surface area contributed by atoms with E-state index in [0.717, 1.165) is 6.42 Å². The average molecular weight is 376 g/mol. The number of phenolic OH excluding ortho intramolecular Hbond substituents is 1. The first-order chi connectivity index (χ1) is 9.84. The summed E-state index contributed by atoms with van der Waals surface area (Å²) in [5.74, 6) is -0.286. The topological polar surface area (TPSA) is 74.7 Å². The molecule has 1 fully saturated rings. The van der Waals surface area contributed by atoms with Crippen LogP contribution in [0.3, 0.4) is 0 Å². The van der Waals surface area contributed by atoms with E-state index in [2.05, 4.69) is 15.9 Å². The minimum Gasteiger partial charge on any atom is -0.507 e. The lowest BCUT2D eigenvalue weighted by Crippen LogP contribution is -2.41. The van der Waals surface area contributed by atoms with Gasteiger partial charge in [-0.3, -0.25) is 4.79 Å². The Morgan fingerprint density at radius 1 is 1.48 bits per heavy atom. The Morgan fingerprint density at radius 3 is 2.76 bits per heavy atom. The van der Waals surface area contributed by atoms with E-state index >= 15 is 0 Å². The van der Waals surface area contributed by atoms with Crippen molar-refractivity contribution < 1.29 is 18.3 Å². The minimum absolute atomic E-state index is 0.00745. The van der Waals surface area contributed by atoms with Gasteiger partial charge in [0.25, 0.3) is 5.91 Å². The third-order valence-corrected chi connectivity index (χ3v) is 5.81. The van der Waals surface area contributed by atoms with Crippen molar-refractivity contribution in [2.75, 3.05) is 18.1 Å². The SMILES string of the molecule is CCCN(C(=O)c1cc(Br)ccc1O)C1CCS(=O)(=O)C1. The molecule has 1 aromatic rings. The van der Waals surface area contributed by atoms with E-state index in [0.29, 0.717) is 17.4 Å². The molecule has 7 heteroatoms. The number of carbonyl (C=O) groups is 1. The van der Waals surface area contributed by atoms with Crippen LogP contribution in [0.25, 0.3) is 0 Å². The van der Waals surface area contributed by atoms with Crippen LogP contribution in [0.2, 0.25) is 0 Å². The van der Waals surface area contributed by atoms with Crippen LogP contribution in [0.15, 0.2) is 22.7 Å². The van der Waals surface area contributed by atoms with Gasteiger partial charge < -0.3 is 10.0 Å². The smallest absolute Gasteiger partial charge is 0.257 e. The predicted octanol–water partition coefficient (Wildman–Crippen LogP) is 2.19. The number of rotatable bonds is 4. The van der Waals surface area contributed by atoms with Crippen LogP contribution in [-0.2, 0) is 9.84 Å². The summed E-state index contributed by atoms with van der Waals surface area (Å²) in [7, 11) is -3.06. The number of benzene rings is 1. The normalized spacial score (nSPS) is 20.4. The third kappa shape index (κ3) is 3.77. The van der Waals surface area contributed by atoms with Gasteiger partial charge in [-0.2, -0.15) is 0 Å². The van der Waals surface area contributed by atoms with Gasteiger partial charge in [0.2, 0.25) is 0 Å². The van der Waals surface area contributed by atoms with Gasteiger partial charge >= 0.3 is 0 Å². The fraction of sp³-hybridized carbons (Fsp3) is 0.500. The van der Waals surface area contributed by atoms with Crippen LogP contribution in [0.1, 0.15) is 30.1 Å². The molecule has 1 heterocycles. The number of hydrogen-bond donors (Lipinski definition) is 1. The van der Waals surface area contributed by atoms with Gasteiger partial charge in [-0.05, 0) is 31.0 Å². The van der Waals surface area contributed by atoms with Crippen LogP contribution in [0.5, 0.6) is 5.75 Å². The zero-order valence-electron chi connectivity index (χ0n) is 11.8. The van der Waals surface area contributed by atoms with E-state index in [9.17, 15) is 18.3 Å². The number of amides is 1. The molecule has 21 heavy (non-hydrogen) atoms. The molecular formula is C14H18BrNO4S. The van der Waals surface area contributed by atoms with Crippen LogP contribution >= 0.6 is 15.9 Å². The van der Waals surface area contributed by atoms with Crippen molar-refractivity contribution in [3.8, 4) is 5.75 Å². The average Bonchev–Trinajstić information content (AvgIpc) is 2.78. The quantitative estimate of drug-likeness (QED) is 0.874. The number of sulfone groups is 1. The molecule has 1 aliphatic rings. The lowest BCUT2D eigenvalue weighted by Gasteiger charge is -2.28. The first kappa shape index (κ1) is 16.3. The molecular weight excluding hydrogens is 358 g/mol. The highest BCUT2D eigenvalue weighted by Crippen LogP contribution is 2.26. The molecule has 0 radical (unpaired) electrons. The highest BCUT2D eigenvalue weighted by Gasteiger charge is 2.35. The van der Waals surface area contributed by atoms with Crippen molar-refractivity contribution in [3.63, 3.8) is 0 Å². The monoisotopic (exact) mass is 375 g/mol. The fourth-order valence-corrected chi connectivity index (χ4v) is 4.64. The minimum atomic E-state index is -3.06. The van der Waals surface area contributed by atoms with Crippen molar-refractivity contribution in [2.45, 2.75) is 25.8 Å². The van der Waals surface area contributed by atoms with Crippen molar-refractivity contribution in [3.05, 3.63) is 28.2 Å². The maximum absolute atomic E-state index is 12.7. The molecule has 0 bridgehead atoms. The predicted molar refractivity (Wildman–Crippen MR) is 84.2 cm³/mol. The molecule has 1 aliphatic heterocycles. The van der Waals surface area contributed by atoms with Crippen LogP contribution < -0.4 is 0 Å². The molecule has 0 aromatic heterocycles. The maximum Gasteiger partial charge on any atom is 0.257 e.